The molecule has 448 valence electrons. The molecule has 18 nitrogen and oxygen atoms in total. The first kappa shape index (κ1) is 61.9. The first-order chi connectivity index (χ1) is 40.5. The molecule has 8 amide bonds. The number of thiophene rings is 1. The van der Waals surface area contributed by atoms with Gasteiger partial charge in [-0.25, -0.2) is 0 Å². The molecule has 85 heavy (non-hydrogen) atoms. The summed E-state index contributed by atoms with van der Waals surface area (Å²) in [5, 5.41) is 8.16. The summed E-state index contributed by atoms with van der Waals surface area (Å²) in [5.41, 5.74) is -2.83. The molecule has 4 aliphatic rings. The number of amides is 8. The van der Waals surface area contributed by atoms with E-state index in [2.05, 4.69) is 27.8 Å². The fourth-order valence-corrected chi connectivity index (χ4v) is 12.9. The number of hydrogen-bond acceptors (Lipinski definition) is 11. The Morgan fingerprint density at radius 2 is 1.60 bits per heavy atom. The molecule has 0 bridgehead atoms. The van der Waals surface area contributed by atoms with Crippen LogP contribution in [0.4, 0.5) is 8.78 Å². The highest BCUT2D eigenvalue weighted by Crippen LogP contribution is 2.59. The summed E-state index contributed by atoms with van der Waals surface area (Å²) in [6.07, 6.45) is 9.03. The fourth-order valence-electron chi connectivity index (χ4n) is 11.4. The van der Waals surface area contributed by atoms with Crippen molar-refractivity contribution in [3.05, 3.63) is 135 Å². The van der Waals surface area contributed by atoms with E-state index in [1.54, 1.807) is 51.1 Å². The van der Waals surface area contributed by atoms with Gasteiger partial charge in [0.1, 0.15) is 23.9 Å². The van der Waals surface area contributed by atoms with E-state index < -0.39 is 77.8 Å². The SMILES string of the molecule is CC(C)(C)[C@H](NC(=O)c1cc2cc(C(F)(F)P(=O)(O)O)ccc2s1)C(=O)N1Cc2cc(OCC(=O)NCCCCCCCCCC#Cc3cccc4c3C(=O)N(C3CCC(=O)NC3=O)C4=O)ccc2C[C@H]1C(=O)N1CCCC(c2ccccc2)C1. The van der Waals surface area contributed by atoms with E-state index in [4.69, 9.17) is 4.74 Å². The minimum Gasteiger partial charge on any atom is -0.484 e. The number of nitrogens with zero attached hydrogens (tertiary/aromatic N) is 3. The van der Waals surface area contributed by atoms with Crippen LogP contribution in [0.25, 0.3) is 10.1 Å². The molecule has 4 atom stereocenters. The smallest absolute Gasteiger partial charge is 0.399 e. The van der Waals surface area contributed by atoms with Crippen LogP contribution in [0.2, 0.25) is 0 Å². The first-order valence-electron chi connectivity index (χ1n) is 28.8. The zero-order valence-corrected chi connectivity index (χ0v) is 49.3. The number of rotatable bonds is 20. The third kappa shape index (κ3) is 14.2. The Morgan fingerprint density at radius 1 is 0.859 bits per heavy atom. The van der Waals surface area contributed by atoms with Gasteiger partial charge in [0.25, 0.3) is 23.6 Å². The van der Waals surface area contributed by atoms with Gasteiger partial charge in [-0.1, -0.05) is 113 Å². The van der Waals surface area contributed by atoms with Crippen molar-refractivity contribution in [2.75, 3.05) is 26.2 Å². The van der Waals surface area contributed by atoms with Crippen molar-refractivity contribution in [3.8, 4) is 17.6 Å². The van der Waals surface area contributed by atoms with Crippen molar-refractivity contribution in [3.63, 3.8) is 0 Å². The van der Waals surface area contributed by atoms with E-state index in [1.807, 2.05) is 41.3 Å². The largest absolute Gasteiger partial charge is 0.484 e. The third-order valence-electron chi connectivity index (χ3n) is 16.1. The molecule has 0 radical (unpaired) electrons. The van der Waals surface area contributed by atoms with E-state index in [9.17, 15) is 56.7 Å². The maximum absolute atomic E-state index is 15.2. The monoisotopic (exact) mass is 1200 g/mol. The Kier molecular flexibility index (Phi) is 19.2. The minimum atomic E-state index is -5.86. The molecule has 4 aromatic carbocycles. The standard InChI is InChI=1S/C63H69F2N6O12PS/c1-62(2,3)55(68-57(75)51-35-43-32-45(25-28-50(43)85-51)63(64,65)84(80,81)82)61(79)70-37-44-33-46(26-24-41(44)34-49(70)59(77)69-31-17-22-42(36-69)39-18-13-11-14-19-39)83-38-53(73)66-30-15-10-8-6-4-5-7-9-12-20-40-21-16-23-47-54(40)60(78)71(58(47)76)48-27-29-52(72)67-56(48)74/h11,13-14,16,18-19,21,23-26,28,32-33,35,42,48-49,55H,4-10,15,17,22,27,29-31,34,36-38H2,1-3H3,(H,66,73)(H,68,75)(H,67,72,74)(H2,80,81,82)/t42?,48?,49-,55+/m0/s1. The summed E-state index contributed by atoms with van der Waals surface area (Å²) < 4.78 is 47.3. The molecular weight excluding hydrogens is 1130 g/mol. The zero-order valence-electron chi connectivity index (χ0n) is 47.6. The highest BCUT2D eigenvalue weighted by molar-refractivity contribution is 7.52. The predicted octanol–water partition coefficient (Wildman–Crippen LogP) is 8.70. The number of ether oxygens (including phenoxy) is 1. The highest BCUT2D eigenvalue weighted by atomic mass is 32.1. The number of hydrogen-bond donors (Lipinski definition) is 5. The summed E-state index contributed by atoms with van der Waals surface area (Å²) in [5.74, 6) is 2.67. The summed E-state index contributed by atoms with van der Waals surface area (Å²) >= 11 is 0.964. The van der Waals surface area contributed by atoms with Gasteiger partial charge in [0.05, 0.1) is 16.0 Å². The second kappa shape index (κ2) is 26.3. The van der Waals surface area contributed by atoms with Gasteiger partial charge in [0, 0.05) is 67.2 Å². The van der Waals surface area contributed by atoms with Crippen molar-refractivity contribution in [1.29, 1.82) is 0 Å². The molecule has 1 aromatic heterocycles. The van der Waals surface area contributed by atoms with Crippen molar-refractivity contribution in [1.82, 2.24) is 30.7 Å². The molecule has 0 saturated carbocycles. The second-order valence-electron chi connectivity index (χ2n) is 23.2. The van der Waals surface area contributed by atoms with E-state index in [0.29, 0.717) is 47.6 Å². The van der Waals surface area contributed by atoms with Crippen LogP contribution in [0.1, 0.15) is 162 Å². The van der Waals surface area contributed by atoms with Crippen molar-refractivity contribution in [2.45, 2.75) is 140 Å². The number of likely N-dealkylation sites (tertiary alicyclic amines) is 1. The molecule has 0 aliphatic carbocycles. The maximum atomic E-state index is 15.2. The minimum absolute atomic E-state index is 0.0149. The van der Waals surface area contributed by atoms with Gasteiger partial charge in [-0.2, -0.15) is 8.78 Å². The number of alkyl halides is 2. The molecule has 2 fully saturated rings. The Labute approximate surface area is 495 Å². The Bertz CT molecular complexity index is 3530. The Morgan fingerprint density at radius 3 is 2.33 bits per heavy atom. The number of unbranched alkanes of at least 4 members (excludes halogenated alkanes) is 7. The van der Waals surface area contributed by atoms with Crippen molar-refractivity contribution < 1.29 is 66.2 Å². The molecular formula is C63H69F2N6O12PS. The van der Waals surface area contributed by atoms with Crippen LogP contribution in [0.5, 0.6) is 5.75 Å². The van der Waals surface area contributed by atoms with Crippen LogP contribution in [0.3, 0.4) is 0 Å². The average Bonchev–Trinajstić information content (AvgIpc) is 2.32. The lowest BCUT2D eigenvalue weighted by Crippen LogP contribution is -2.61. The third-order valence-corrected chi connectivity index (χ3v) is 18.2. The topological polar surface area (TPSA) is 249 Å². The van der Waals surface area contributed by atoms with Crippen LogP contribution in [0, 0.1) is 17.3 Å². The normalized spacial score (nSPS) is 18.5. The van der Waals surface area contributed by atoms with Crippen LogP contribution in [0.15, 0.2) is 91.0 Å². The van der Waals surface area contributed by atoms with E-state index in [1.165, 1.54) is 17.0 Å². The quantitative estimate of drug-likeness (QED) is 0.0213. The van der Waals surface area contributed by atoms with Gasteiger partial charge in [0.2, 0.25) is 23.6 Å². The number of carbonyl (C=O) groups excluding carboxylic acids is 8. The molecule has 5 heterocycles. The molecule has 22 heteroatoms. The van der Waals surface area contributed by atoms with Gasteiger partial charge in [0.15, 0.2) is 6.61 Å². The Hall–Kier alpha value is -7.63. The van der Waals surface area contributed by atoms with Crippen molar-refractivity contribution >= 4 is 76.3 Å². The van der Waals surface area contributed by atoms with Gasteiger partial charge in [-0.05, 0) is 102 Å². The first-order valence-corrected chi connectivity index (χ1v) is 31.2. The lowest BCUT2D eigenvalue weighted by Gasteiger charge is -2.43. The van der Waals surface area contributed by atoms with Crippen LogP contribution >= 0.6 is 18.9 Å². The number of imide groups is 2. The van der Waals surface area contributed by atoms with E-state index >= 15 is 4.79 Å². The van der Waals surface area contributed by atoms with Crippen LogP contribution in [-0.2, 0) is 47.2 Å². The highest BCUT2D eigenvalue weighted by Gasteiger charge is 2.51. The van der Waals surface area contributed by atoms with E-state index in [0.717, 1.165) is 97.3 Å². The maximum Gasteiger partial charge on any atom is 0.399 e. The van der Waals surface area contributed by atoms with Gasteiger partial charge >= 0.3 is 13.3 Å². The summed E-state index contributed by atoms with van der Waals surface area (Å²) in [7, 11) is -5.86. The zero-order chi connectivity index (χ0) is 60.8. The average molecular weight is 1200 g/mol. The molecule has 5 N–H and O–H groups in total. The predicted molar refractivity (Wildman–Crippen MR) is 313 cm³/mol. The number of carbonyl (C=O) groups is 8. The molecule has 4 aliphatic heterocycles. The fraction of sp³-hybridized carbons (Fsp3) is 0.429. The van der Waals surface area contributed by atoms with Crippen molar-refractivity contribution in [2.24, 2.45) is 5.41 Å². The molecule has 2 unspecified atom stereocenters. The lowest BCUT2D eigenvalue weighted by molar-refractivity contribution is -0.150. The van der Waals surface area contributed by atoms with E-state index in [-0.39, 0.29) is 71.5 Å². The molecule has 0 spiro atoms. The number of fused-ring (bicyclic) bond motifs is 3. The second-order valence-corrected chi connectivity index (χ2v) is 25.9. The Balaban J connectivity index is 0.766. The summed E-state index contributed by atoms with van der Waals surface area (Å²) in [4.78, 5) is 131. The lowest BCUT2D eigenvalue weighted by atomic mass is 9.83. The summed E-state index contributed by atoms with van der Waals surface area (Å²) in [6, 6.07) is 21.5. The summed E-state index contributed by atoms with van der Waals surface area (Å²) in [6.45, 7) is 6.50. The number of piperidine rings is 2. The number of nitrogens with one attached hydrogen (secondary N) is 3. The molecule has 5 aromatic rings. The van der Waals surface area contributed by atoms with Gasteiger partial charge in [-0.15, -0.1) is 11.3 Å². The number of benzene rings is 4. The molecule has 2 saturated heterocycles. The van der Waals surface area contributed by atoms with Crippen LogP contribution < -0.4 is 20.7 Å². The molecule has 9 rings (SSSR count). The number of halogens is 2. The van der Waals surface area contributed by atoms with Gasteiger partial charge < -0.3 is 35.0 Å². The van der Waals surface area contributed by atoms with Gasteiger partial charge in [-0.3, -0.25) is 53.1 Å². The van der Waals surface area contributed by atoms with Crippen LogP contribution in [-0.4, -0.2) is 116 Å².